The number of nitrogens with zero attached hydrogens (tertiary/aromatic N) is 1. The fourth-order valence-corrected chi connectivity index (χ4v) is 3.48. The zero-order valence-corrected chi connectivity index (χ0v) is 18.4. The molecule has 0 aliphatic heterocycles. The number of carboxylic acids is 1. The van der Waals surface area contributed by atoms with Gasteiger partial charge in [0.15, 0.2) is 0 Å². The zero-order chi connectivity index (χ0) is 22.1. The van der Waals surface area contributed by atoms with Gasteiger partial charge in [-0.15, -0.1) is 0 Å². The first kappa shape index (κ1) is 23.4. The summed E-state index contributed by atoms with van der Waals surface area (Å²) in [5.41, 5.74) is 4.77. The van der Waals surface area contributed by atoms with E-state index in [4.69, 9.17) is 16.7 Å². The number of hydrogen-bond donors (Lipinski definition) is 1. The lowest BCUT2D eigenvalue weighted by atomic mass is 10.1. The summed E-state index contributed by atoms with van der Waals surface area (Å²) in [5, 5.41) is 9.45. The SMILES string of the molecule is CCc1c(Cl)ccc(=O)n1CCc1ccc(C(=O)O)cc1.CCc1cccc(C)c1. The van der Waals surface area contributed by atoms with Crippen molar-refractivity contribution < 1.29 is 9.90 Å². The molecule has 158 valence electrons. The third kappa shape index (κ3) is 6.60. The summed E-state index contributed by atoms with van der Waals surface area (Å²) in [7, 11) is 0. The van der Waals surface area contributed by atoms with Crippen molar-refractivity contribution in [2.75, 3.05) is 0 Å². The molecule has 0 bridgehead atoms. The van der Waals surface area contributed by atoms with Gasteiger partial charge in [0.2, 0.25) is 0 Å². The van der Waals surface area contributed by atoms with E-state index in [1.54, 1.807) is 34.9 Å². The lowest BCUT2D eigenvalue weighted by molar-refractivity contribution is 0.0697. The van der Waals surface area contributed by atoms with Crippen molar-refractivity contribution in [3.63, 3.8) is 0 Å². The summed E-state index contributed by atoms with van der Waals surface area (Å²) in [4.78, 5) is 22.7. The van der Waals surface area contributed by atoms with Crippen molar-refractivity contribution in [3.05, 3.63) is 104 Å². The summed E-state index contributed by atoms with van der Waals surface area (Å²) in [6.07, 6.45) is 2.47. The van der Waals surface area contributed by atoms with Crippen LogP contribution in [0.3, 0.4) is 0 Å². The van der Waals surface area contributed by atoms with Gasteiger partial charge < -0.3 is 9.67 Å². The molecule has 0 radical (unpaired) electrons. The number of rotatable bonds is 6. The Morgan fingerprint density at radius 1 is 0.967 bits per heavy atom. The number of aromatic nitrogens is 1. The molecule has 3 aromatic rings. The molecule has 1 heterocycles. The van der Waals surface area contributed by atoms with Crippen molar-refractivity contribution in [2.24, 2.45) is 0 Å². The highest BCUT2D eigenvalue weighted by molar-refractivity contribution is 6.31. The minimum Gasteiger partial charge on any atom is -0.478 e. The van der Waals surface area contributed by atoms with Crippen molar-refractivity contribution in [2.45, 2.75) is 46.6 Å². The summed E-state index contributed by atoms with van der Waals surface area (Å²) in [6, 6.07) is 18.4. The zero-order valence-electron chi connectivity index (χ0n) is 17.7. The first-order chi connectivity index (χ1) is 14.3. The monoisotopic (exact) mass is 425 g/mol. The molecule has 30 heavy (non-hydrogen) atoms. The maximum absolute atomic E-state index is 11.9. The van der Waals surface area contributed by atoms with E-state index in [-0.39, 0.29) is 11.1 Å². The molecule has 2 aromatic carbocycles. The topological polar surface area (TPSA) is 59.3 Å². The van der Waals surface area contributed by atoms with Gasteiger partial charge in [-0.2, -0.15) is 0 Å². The van der Waals surface area contributed by atoms with Crippen LogP contribution in [0.25, 0.3) is 0 Å². The highest BCUT2D eigenvalue weighted by atomic mass is 35.5. The van der Waals surface area contributed by atoms with Crippen molar-refractivity contribution in [1.82, 2.24) is 4.57 Å². The van der Waals surface area contributed by atoms with Crippen LogP contribution in [0.4, 0.5) is 0 Å². The van der Waals surface area contributed by atoms with Crippen LogP contribution in [0.1, 0.15) is 46.6 Å². The van der Waals surface area contributed by atoms with E-state index in [1.807, 2.05) is 6.92 Å². The van der Waals surface area contributed by atoms with E-state index in [0.29, 0.717) is 24.4 Å². The van der Waals surface area contributed by atoms with Gasteiger partial charge in [-0.25, -0.2) is 4.79 Å². The number of halogens is 1. The molecule has 5 heteroatoms. The number of carboxylic acid groups (broad SMARTS) is 1. The van der Waals surface area contributed by atoms with E-state index in [0.717, 1.165) is 17.7 Å². The molecular weight excluding hydrogens is 398 g/mol. The first-order valence-corrected chi connectivity index (χ1v) is 10.5. The Bertz CT molecular complexity index is 1040. The molecule has 0 fully saturated rings. The number of aryl methyl sites for hydroxylation is 3. The number of pyridine rings is 1. The fraction of sp³-hybridized carbons (Fsp3) is 0.280. The molecule has 1 N–H and O–H groups in total. The second kappa shape index (κ2) is 11.4. The first-order valence-electron chi connectivity index (χ1n) is 10.1. The lowest BCUT2D eigenvalue weighted by Crippen LogP contribution is -2.23. The summed E-state index contributed by atoms with van der Waals surface area (Å²) in [6.45, 7) is 6.78. The number of aromatic carboxylic acids is 1. The second-order valence-electron chi connectivity index (χ2n) is 7.07. The van der Waals surface area contributed by atoms with Gasteiger partial charge in [-0.3, -0.25) is 4.79 Å². The molecule has 0 atom stereocenters. The minimum atomic E-state index is -0.944. The average Bonchev–Trinajstić information content (AvgIpc) is 2.75. The quantitative estimate of drug-likeness (QED) is 0.562. The van der Waals surface area contributed by atoms with Crippen molar-refractivity contribution >= 4 is 17.6 Å². The molecule has 0 aliphatic carbocycles. The van der Waals surface area contributed by atoms with Crippen LogP contribution in [0.5, 0.6) is 0 Å². The van der Waals surface area contributed by atoms with Crippen molar-refractivity contribution in [3.8, 4) is 0 Å². The third-order valence-corrected chi connectivity index (χ3v) is 5.23. The number of carbonyl (C=O) groups is 1. The molecule has 0 spiro atoms. The maximum atomic E-state index is 11.9. The summed E-state index contributed by atoms with van der Waals surface area (Å²) in [5.74, 6) is -0.944. The third-order valence-electron chi connectivity index (χ3n) is 4.89. The Balaban J connectivity index is 0.000000297. The van der Waals surface area contributed by atoms with Crippen LogP contribution in [0.2, 0.25) is 5.02 Å². The van der Waals surface area contributed by atoms with Crippen LogP contribution in [-0.4, -0.2) is 15.6 Å². The summed E-state index contributed by atoms with van der Waals surface area (Å²) < 4.78 is 1.67. The van der Waals surface area contributed by atoms with E-state index in [1.165, 1.54) is 17.2 Å². The lowest BCUT2D eigenvalue weighted by Gasteiger charge is -2.13. The molecule has 0 aliphatic rings. The molecule has 0 saturated heterocycles. The fourth-order valence-electron chi connectivity index (χ4n) is 3.18. The Labute approximate surface area is 182 Å². The highest BCUT2D eigenvalue weighted by Gasteiger charge is 2.07. The number of benzene rings is 2. The van der Waals surface area contributed by atoms with Crippen LogP contribution in [-0.2, 0) is 25.8 Å². The molecule has 0 saturated carbocycles. The highest BCUT2D eigenvalue weighted by Crippen LogP contribution is 2.15. The largest absolute Gasteiger partial charge is 0.478 e. The second-order valence-corrected chi connectivity index (χ2v) is 7.47. The molecular formula is C25H28ClNO3. The van der Waals surface area contributed by atoms with E-state index >= 15 is 0 Å². The molecule has 1 aromatic heterocycles. The van der Waals surface area contributed by atoms with Crippen LogP contribution in [0.15, 0.2) is 65.5 Å². The van der Waals surface area contributed by atoms with Crippen LogP contribution < -0.4 is 5.56 Å². The van der Waals surface area contributed by atoms with Crippen molar-refractivity contribution in [1.29, 1.82) is 0 Å². The Kier molecular flexibility index (Phi) is 8.88. The van der Waals surface area contributed by atoms with Gasteiger partial charge in [-0.1, -0.05) is 67.4 Å². The molecule has 0 amide bonds. The number of hydrogen-bond acceptors (Lipinski definition) is 2. The molecule has 0 unspecified atom stereocenters. The normalized spacial score (nSPS) is 10.3. The van der Waals surface area contributed by atoms with Gasteiger partial charge in [0.1, 0.15) is 0 Å². The van der Waals surface area contributed by atoms with E-state index in [2.05, 4.69) is 38.1 Å². The predicted octanol–water partition coefficient (Wildman–Crippen LogP) is 5.56. The van der Waals surface area contributed by atoms with E-state index in [9.17, 15) is 9.59 Å². The van der Waals surface area contributed by atoms with Crippen LogP contribution in [0, 0.1) is 6.92 Å². The summed E-state index contributed by atoms with van der Waals surface area (Å²) >= 11 is 6.11. The standard InChI is InChI=1S/C16H16ClNO3.C9H12/c1-2-14-13(17)7-8-15(19)18(14)10-9-11-3-5-12(6-4-11)16(20)21;1-3-9-6-4-5-8(2)7-9/h3-8H,2,9-10H2,1H3,(H,20,21);4-7H,3H2,1-2H3. The van der Waals surface area contributed by atoms with Gasteiger partial charge in [0.05, 0.1) is 10.6 Å². The van der Waals surface area contributed by atoms with E-state index < -0.39 is 5.97 Å². The Morgan fingerprint density at radius 2 is 1.67 bits per heavy atom. The maximum Gasteiger partial charge on any atom is 0.335 e. The Morgan fingerprint density at radius 3 is 2.20 bits per heavy atom. The van der Waals surface area contributed by atoms with Crippen LogP contribution >= 0.6 is 11.6 Å². The minimum absolute atomic E-state index is 0.0709. The predicted molar refractivity (Wildman–Crippen MR) is 123 cm³/mol. The Hall–Kier alpha value is -2.85. The van der Waals surface area contributed by atoms with Gasteiger partial charge >= 0.3 is 5.97 Å². The van der Waals surface area contributed by atoms with Gasteiger partial charge in [0.25, 0.3) is 5.56 Å². The average molecular weight is 426 g/mol. The van der Waals surface area contributed by atoms with Gasteiger partial charge in [0, 0.05) is 18.3 Å². The van der Waals surface area contributed by atoms with Gasteiger partial charge in [-0.05, 0) is 55.5 Å². The smallest absolute Gasteiger partial charge is 0.335 e. The molecule has 4 nitrogen and oxygen atoms in total. The molecule has 3 rings (SSSR count).